The number of rotatable bonds is 3. The number of aromatic nitrogens is 2. The molecule has 4 aromatic rings. The SMILES string of the molecule is COC(=O)NC1=Nc2cc(-c3cc(Cc4n[nH]c(=O)c5ccccc45)ccc3F)c(F)cc2C1. The molecule has 0 spiro atoms. The number of ether oxygens (including phenoxy) is 1. The van der Waals surface area contributed by atoms with E-state index in [0.29, 0.717) is 45.5 Å². The maximum atomic E-state index is 15.0. The highest BCUT2D eigenvalue weighted by atomic mass is 19.1. The first-order valence-electron chi connectivity index (χ1n) is 10.4. The van der Waals surface area contributed by atoms with E-state index in [2.05, 4.69) is 25.2 Å². The smallest absolute Gasteiger partial charge is 0.412 e. The van der Waals surface area contributed by atoms with Crippen molar-refractivity contribution in [2.45, 2.75) is 12.8 Å². The second-order valence-electron chi connectivity index (χ2n) is 7.85. The van der Waals surface area contributed by atoms with Crippen LogP contribution in [0.3, 0.4) is 0 Å². The highest BCUT2D eigenvalue weighted by Crippen LogP contribution is 2.35. The van der Waals surface area contributed by atoms with E-state index in [4.69, 9.17) is 0 Å². The van der Waals surface area contributed by atoms with Crippen LogP contribution in [0, 0.1) is 11.6 Å². The Labute approximate surface area is 192 Å². The lowest BCUT2D eigenvalue weighted by Crippen LogP contribution is -2.30. The number of methoxy groups -OCH3 is 1. The van der Waals surface area contributed by atoms with Crippen molar-refractivity contribution in [2.75, 3.05) is 7.11 Å². The zero-order valence-corrected chi connectivity index (χ0v) is 18.0. The van der Waals surface area contributed by atoms with E-state index in [-0.39, 0.29) is 23.1 Å². The van der Waals surface area contributed by atoms with Gasteiger partial charge in [-0.05, 0) is 41.5 Å². The van der Waals surface area contributed by atoms with Crippen molar-refractivity contribution in [3.63, 3.8) is 0 Å². The normalized spacial score (nSPS) is 12.4. The predicted octanol–water partition coefficient (Wildman–Crippen LogP) is 4.40. The number of amidine groups is 1. The van der Waals surface area contributed by atoms with E-state index in [1.165, 1.54) is 25.3 Å². The number of carbonyl (C=O) groups excluding carboxylic acids is 1. The number of aromatic amines is 1. The number of hydrogen-bond acceptors (Lipinski definition) is 5. The molecule has 1 aliphatic rings. The summed E-state index contributed by atoms with van der Waals surface area (Å²) in [6.07, 6.45) is -0.133. The standard InChI is InChI=1S/C25H18F2N4O3/c1-34-25(33)29-23-11-14-10-20(27)18(12-21(14)28-23)17-8-13(6-7-19(17)26)9-22-15-4-2-3-5-16(15)24(32)31-30-22/h2-8,10,12H,9,11H2,1H3,(H,31,32)(H,28,29,33). The molecule has 2 heterocycles. The largest absolute Gasteiger partial charge is 0.453 e. The summed E-state index contributed by atoms with van der Waals surface area (Å²) in [7, 11) is 1.23. The summed E-state index contributed by atoms with van der Waals surface area (Å²) in [5.74, 6) is -0.864. The van der Waals surface area contributed by atoms with Crippen molar-refractivity contribution < 1.29 is 18.3 Å². The average molecular weight is 460 g/mol. The van der Waals surface area contributed by atoms with Crippen LogP contribution in [0.4, 0.5) is 19.3 Å². The first-order valence-corrected chi connectivity index (χ1v) is 10.4. The number of alkyl carbamates (subject to hydrolysis) is 1. The molecule has 5 rings (SSSR count). The Morgan fingerprint density at radius 3 is 2.62 bits per heavy atom. The summed E-state index contributed by atoms with van der Waals surface area (Å²) < 4.78 is 34.3. The third-order valence-electron chi connectivity index (χ3n) is 5.68. The van der Waals surface area contributed by atoms with Gasteiger partial charge in [0.15, 0.2) is 0 Å². The minimum Gasteiger partial charge on any atom is -0.453 e. The number of H-pyrrole nitrogens is 1. The van der Waals surface area contributed by atoms with Crippen molar-refractivity contribution in [3.8, 4) is 11.1 Å². The minimum atomic E-state index is -0.672. The van der Waals surface area contributed by atoms with Gasteiger partial charge in [-0.25, -0.2) is 23.7 Å². The van der Waals surface area contributed by atoms with E-state index < -0.39 is 17.7 Å². The van der Waals surface area contributed by atoms with Crippen LogP contribution >= 0.6 is 0 Å². The van der Waals surface area contributed by atoms with Crippen LogP contribution in [0.5, 0.6) is 0 Å². The van der Waals surface area contributed by atoms with Crippen LogP contribution in [0.1, 0.15) is 16.8 Å². The van der Waals surface area contributed by atoms with E-state index >= 15 is 0 Å². The molecule has 0 saturated heterocycles. The number of fused-ring (bicyclic) bond motifs is 2. The molecule has 1 amide bonds. The van der Waals surface area contributed by atoms with Crippen molar-refractivity contribution in [1.82, 2.24) is 15.5 Å². The zero-order valence-electron chi connectivity index (χ0n) is 18.0. The Balaban J connectivity index is 1.51. The van der Waals surface area contributed by atoms with E-state index in [9.17, 15) is 18.4 Å². The molecule has 1 aromatic heterocycles. The van der Waals surface area contributed by atoms with Gasteiger partial charge in [0.2, 0.25) is 0 Å². The van der Waals surface area contributed by atoms with Gasteiger partial charge in [-0.3, -0.25) is 10.1 Å². The van der Waals surface area contributed by atoms with Crippen LogP contribution in [0.15, 0.2) is 64.4 Å². The number of carbonyl (C=O) groups is 1. The zero-order chi connectivity index (χ0) is 23.8. The molecule has 170 valence electrons. The molecule has 34 heavy (non-hydrogen) atoms. The Hall–Kier alpha value is -4.40. The maximum absolute atomic E-state index is 15.0. The molecule has 3 aromatic carbocycles. The van der Waals surface area contributed by atoms with E-state index in [0.717, 1.165) is 0 Å². The van der Waals surface area contributed by atoms with E-state index in [1.54, 1.807) is 30.3 Å². The molecule has 0 bridgehead atoms. The number of hydrogen-bond donors (Lipinski definition) is 2. The van der Waals surface area contributed by atoms with Gasteiger partial charge in [0.1, 0.15) is 17.5 Å². The average Bonchev–Trinajstić information content (AvgIpc) is 3.22. The number of aliphatic imine (C=N–C) groups is 1. The highest BCUT2D eigenvalue weighted by molar-refractivity contribution is 6.01. The summed E-state index contributed by atoms with van der Waals surface area (Å²) in [4.78, 5) is 27.8. The van der Waals surface area contributed by atoms with Crippen LogP contribution in [0.2, 0.25) is 0 Å². The molecule has 0 aliphatic carbocycles. The molecule has 0 fully saturated rings. The molecule has 0 saturated carbocycles. The molecule has 0 unspecified atom stereocenters. The van der Waals surface area contributed by atoms with Gasteiger partial charge >= 0.3 is 6.09 Å². The summed E-state index contributed by atoms with van der Waals surface area (Å²) in [6, 6.07) is 14.3. The van der Waals surface area contributed by atoms with Crippen molar-refractivity contribution in [2.24, 2.45) is 4.99 Å². The van der Waals surface area contributed by atoms with Crippen LogP contribution in [-0.4, -0.2) is 29.2 Å². The van der Waals surface area contributed by atoms with E-state index in [1.807, 2.05) is 6.07 Å². The molecule has 7 nitrogen and oxygen atoms in total. The fraction of sp³-hybridized carbons (Fsp3) is 0.120. The molecule has 9 heteroatoms. The fourth-order valence-electron chi connectivity index (χ4n) is 4.05. The second-order valence-corrected chi connectivity index (χ2v) is 7.85. The Morgan fingerprint density at radius 2 is 1.82 bits per heavy atom. The monoisotopic (exact) mass is 460 g/mol. The Bertz CT molecular complexity index is 1550. The van der Waals surface area contributed by atoms with Crippen molar-refractivity contribution in [1.29, 1.82) is 0 Å². The van der Waals surface area contributed by atoms with Gasteiger partial charge in [0.25, 0.3) is 5.56 Å². The number of amides is 1. The molecule has 0 atom stereocenters. The third kappa shape index (κ3) is 3.92. The Morgan fingerprint density at radius 1 is 1.06 bits per heavy atom. The van der Waals surface area contributed by atoms with Gasteiger partial charge in [-0.15, -0.1) is 0 Å². The second kappa shape index (κ2) is 8.51. The van der Waals surface area contributed by atoms with Crippen LogP contribution < -0.4 is 10.9 Å². The first kappa shape index (κ1) is 21.4. The number of nitrogens with zero attached hydrogens (tertiary/aromatic N) is 2. The lowest BCUT2D eigenvalue weighted by Gasteiger charge is -2.10. The predicted molar refractivity (Wildman–Crippen MR) is 123 cm³/mol. The van der Waals surface area contributed by atoms with Crippen molar-refractivity contribution in [3.05, 3.63) is 93.4 Å². The summed E-state index contributed by atoms with van der Waals surface area (Å²) in [6.45, 7) is 0. The summed E-state index contributed by atoms with van der Waals surface area (Å²) in [5, 5.41) is 10.3. The van der Waals surface area contributed by atoms with Crippen LogP contribution in [0.25, 0.3) is 21.9 Å². The number of nitrogens with one attached hydrogen (secondary N) is 2. The Kier molecular flexibility index (Phi) is 5.37. The third-order valence-corrected chi connectivity index (χ3v) is 5.68. The van der Waals surface area contributed by atoms with Gasteiger partial charge in [-0.1, -0.05) is 24.3 Å². The number of halogens is 2. The van der Waals surface area contributed by atoms with Gasteiger partial charge < -0.3 is 4.74 Å². The first-order chi connectivity index (χ1) is 16.4. The lowest BCUT2D eigenvalue weighted by atomic mass is 9.97. The lowest BCUT2D eigenvalue weighted by molar-refractivity contribution is 0.176. The molecule has 2 N–H and O–H groups in total. The highest BCUT2D eigenvalue weighted by Gasteiger charge is 2.21. The molecular formula is C25H18F2N4O3. The molecular weight excluding hydrogens is 442 g/mol. The van der Waals surface area contributed by atoms with Gasteiger partial charge in [-0.2, -0.15) is 5.10 Å². The molecule has 1 aliphatic heterocycles. The maximum Gasteiger partial charge on any atom is 0.412 e. The summed E-state index contributed by atoms with van der Waals surface area (Å²) in [5.41, 5.74) is 2.18. The summed E-state index contributed by atoms with van der Waals surface area (Å²) >= 11 is 0. The topological polar surface area (TPSA) is 96.4 Å². The van der Waals surface area contributed by atoms with Gasteiger partial charge in [0.05, 0.1) is 23.9 Å². The van der Waals surface area contributed by atoms with Crippen molar-refractivity contribution >= 4 is 28.4 Å². The quantitative estimate of drug-likeness (QED) is 0.474. The van der Waals surface area contributed by atoms with Crippen LogP contribution in [-0.2, 0) is 17.6 Å². The molecule has 0 radical (unpaired) electrons. The van der Waals surface area contributed by atoms with Gasteiger partial charge in [0, 0.05) is 29.4 Å². The minimum absolute atomic E-state index is 0.0560. The fourth-order valence-corrected chi connectivity index (χ4v) is 4.05. The number of benzene rings is 3.